The van der Waals surface area contributed by atoms with Gasteiger partial charge in [0.25, 0.3) is 0 Å². The molecule has 210 valence electrons. The van der Waals surface area contributed by atoms with Gasteiger partial charge >= 0.3 is 5.97 Å². The number of nitrogens with one attached hydrogen (secondary N) is 1. The quantitative estimate of drug-likeness (QED) is 0.255. The van der Waals surface area contributed by atoms with E-state index in [2.05, 4.69) is 5.32 Å². The Morgan fingerprint density at radius 3 is 2.34 bits per heavy atom. The zero-order chi connectivity index (χ0) is 28.1. The number of nitrogens with two attached hydrogens (primary N) is 2. The third-order valence-corrected chi connectivity index (χ3v) is 7.88. The first kappa shape index (κ1) is 31.3. The summed E-state index contributed by atoms with van der Waals surface area (Å²) in [5, 5.41) is 3.26. The molecule has 0 saturated heterocycles. The van der Waals surface area contributed by atoms with Crippen LogP contribution in [-0.2, 0) is 37.1 Å². The van der Waals surface area contributed by atoms with E-state index in [4.69, 9.17) is 20.9 Å². The molecule has 0 fully saturated rings. The summed E-state index contributed by atoms with van der Waals surface area (Å²) in [4.78, 5) is 24.9. The van der Waals surface area contributed by atoms with Crippen molar-refractivity contribution in [2.24, 2.45) is 23.3 Å². The molecule has 5 N–H and O–H groups in total. The zero-order valence-corrected chi connectivity index (χ0v) is 23.3. The van der Waals surface area contributed by atoms with Crippen molar-refractivity contribution in [2.45, 2.75) is 51.8 Å². The van der Waals surface area contributed by atoms with Crippen molar-refractivity contribution in [1.29, 1.82) is 0 Å². The van der Waals surface area contributed by atoms with Gasteiger partial charge in [-0.15, -0.1) is 0 Å². The molecular formula is C28H41N3O6S. The minimum absolute atomic E-state index is 0.0771. The lowest BCUT2D eigenvalue weighted by Crippen LogP contribution is -2.47. The Bertz CT molecular complexity index is 1120. The van der Waals surface area contributed by atoms with E-state index in [0.717, 1.165) is 16.9 Å². The maximum Gasteiger partial charge on any atom is 0.310 e. The van der Waals surface area contributed by atoms with E-state index in [1.54, 1.807) is 7.11 Å². The summed E-state index contributed by atoms with van der Waals surface area (Å²) >= 11 is 0. The number of esters is 1. The van der Waals surface area contributed by atoms with Gasteiger partial charge in [-0.25, -0.2) is 8.42 Å². The van der Waals surface area contributed by atoms with E-state index >= 15 is 0 Å². The molecule has 38 heavy (non-hydrogen) atoms. The van der Waals surface area contributed by atoms with Crippen LogP contribution in [0.25, 0.3) is 0 Å². The molecule has 2 aromatic rings. The number of primary amides is 1. The second kappa shape index (κ2) is 15.5. The van der Waals surface area contributed by atoms with Crippen LogP contribution in [0.4, 0.5) is 0 Å². The smallest absolute Gasteiger partial charge is 0.310 e. The lowest BCUT2D eigenvalue weighted by atomic mass is 10.0. The Labute approximate surface area is 226 Å². The van der Waals surface area contributed by atoms with Crippen molar-refractivity contribution in [3.05, 3.63) is 65.7 Å². The molecule has 9 nitrogen and oxygen atoms in total. The fourth-order valence-corrected chi connectivity index (χ4v) is 5.81. The maximum absolute atomic E-state index is 13.2. The molecule has 2 rings (SSSR count). The van der Waals surface area contributed by atoms with Crippen molar-refractivity contribution in [3.8, 4) is 5.75 Å². The van der Waals surface area contributed by atoms with E-state index in [9.17, 15) is 18.0 Å². The van der Waals surface area contributed by atoms with Crippen LogP contribution in [-0.4, -0.2) is 57.6 Å². The molecule has 0 aromatic heterocycles. The number of rotatable bonds is 17. The molecule has 10 heteroatoms. The molecular weight excluding hydrogens is 506 g/mol. The van der Waals surface area contributed by atoms with Gasteiger partial charge in [-0.05, 0) is 42.0 Å². The molecule has 0 spiro atoms. The summed E-state index contributed by atoms with van der Waals surface area (Å²) in [5.74, 6) is -2.44. The van der Waals surface area contributed by atoms with Gasteiger partial charge in [0, 0.05) is 25.6 Å². The second-order valence-electron chi connectivity index (χ2n) is 9.98. The first-order valence-electron chi connectivity index (χ1n) is 12.8. The Morgan fingerprint density at radius 2 is 1.71 bits per heavy atom. The summed E-state index contributed by atoms with van der Waals surface area (Å²) in [5.41, 5.74) is 13.8. The molecule has 0 aliphatic carbocycles. The second-order valence-corrected chi connectivity index (χ2v) is 12.2. The van der Waals surface area contributed by atoms with Crippen molar-refractivity contribution >= 4 is 21.7 Å². The van der Waals surface area contributed by atoms with E-state index < -0.39 is 52.0 Å². The van der Waals surface area contributed by atoms with Crippen LogP contribution in [0, 0.1) is 11.8 Å². The van der Waals surface area contributed by atoms with Gasteiger partial charge in [0.05, 0.1) is 24.5 Å². The predicted octanol–water partition coefficient (Wildman–Crippen LogP) is 2.22. The molecule has 1 amide bonds. The predicted molar refractivity (Wildman–Crippen MR) is 148 cm³/mol. The Balaban J connectivity index is 2.16. The molecule has 3 atom stereocenters. The van der Waals surface area contributed by atoms with Gasteiger partial charge in [-0.2, -0.15) is 0 Å². The van der Waals surface area contributed by atoms with E-state index in [0.29, 0.717) is 19.4 Å². The van der Waals surface area contributed by atoms with Crippen LogP contribution < -0.4 is 21.5 Å². The molecule has 0 radical (unpaired) electrons. The lowest BCUT2D eigenvalue weighted by molar-refractivity contribution is -0.155. The Kier molecular flexibility index (Phi) is 12.7. The van der Waals surface area contributed by atoms with Gasteiger partial charge in [0.15, 0.2) is 9.84 Å². The van der Waals surface area contributed by atoms with Gasteiger partial charge in [-0.1, -0.05) is 56.3 Å². The topological polar surface area (TPSA) is 151 Å². The van der Waals surface area contributed by atoms with Gasteiger partial charge < -0.3 is 26.3 Å². The van der Waals surface area contributed by atoms with Crippen LogP contribution in [0.5, 0.6) is 5.75 Å². The number of carbonyl (C=O) groups is 2. The zero-order valence-electron chi connectivity index (χ0n) is 22.5. The molecule has 2 unspecified atom stereocenters. The van der Waals surface area contributed by atoms with Gasteiger partial charge in [0.2, 0.25) is 5.91 Å². The van der Waals surface area contributed by atoms with Crippen molar-refractivity contribution in [3.63, 3.8) is 0 Å². The average molecular weight is 548 g/mol. The number of methoxy groups -OCH3 is 1. The monoisotopic (exact) mass is 547 g/mol. The first-order valence-corrected chi connectivity index (χ1v) is 14.6. The summed E-state index contributed by atoms with van der Waals surface area (Å²) < 4.78 is 36.4. The molecule has 0 saturated carbocycles. The van der Waals surface area contributed by atoms with Gasteiger partial charge in [-0.3, -0.25) is 9.59 Å². The van der Waals surface area contributed by atoms with Crippen LogP contribution in [0.1, 0.15) is 37.8 Å². The van der Waals surface area contributed by atoms with Crippen molar-refractivity contribution in [2.75, 3.05) is 25.2 Å². The third kappa shape index (κ3) is 11.6. The minimum Gasteiger partial charge on any atom is -0.497 e. The Hall–Kier alpha value is -2.95. The SMILES string of the molecule is COc1cccc(CNCC(OC(=O)[C@H](CC(N)=O)CS(=O)(=O)CCC(C)C)C(N)Cc2ccccc2)c1. The number of sulfone groups is 1. The minimum atomic E-state index is -3.60. The standard InChI is InChI=1S/C28H41N3O6S/c1-20(2)12-13-38(34,35)19-23(16-27(30)32)28(33)37-26(25(29)15-21-8-5-4-6-9-21)18-31-17-22-10-7-11-24(14-22)36-3/h4-11,14,20,23,25-26,31H,12-13,15-19,29H2,1-3H3,(H2,30,32)/t23-,25?,26?/m1/s1. The van der Waals surface area contributed by atoms with Crippen molar-refractivity contribution < 1.29 is 27.5 Å². The first-order chi connectivity index (χ1) is 18.0. The summed E-state index contributed by atoms with van der Waals surface area (Å²) in [7, 11) is -2.00. The number of ether oxygens (including phenoxy) is 2. The van der Waals surface area contributed by atoms with Crippen LogP contribution in [0.2, 0.25) is 0 Å². The van der Waals surface area contributed by atoms with Crippen LogP contribution >= 0.6 is 0 Å². The highest BCUT2D eigenvalue weighted by Crippen LogP contribution is 2.16. The average Bonchev–Trinajstić information content (AvgIpc) is 2.86. The van der Waals surface area contributed by atoms with Crippen LogP contribution in [0.3, 0.4) is 0 Å². The largest absolute Gasteiger partial charge is 0.497 e. The molecule has 0 heterocycles. The fourth-order valence-electron chi connectivity index (χ4n) is 3.94. The fraction of sp³-hybridized carbons (Fsp3) is 0.500. The van der Waals surface area contributed by atoms with E-state index in [-0.39, 0.29) is 18.2 Å². The number of carbonyl (C=O) groups excluding carboxylic acids is 2. The number of hydrogen-bond donors (Lipinski definition) is 3. The molecule has 0 aliphatic rings. The summed E-state index contributed by atoms with van der Waals surface area (Å²) in [6.07, 6.45) is -0.300. The van der Waals surface area contributed by atoms with E-state index in [1.807, 2.05) is 68.4 Å². The van der Waals surface area contributed by atoms with Gasteiger partial charge in [0.1, 0.15) is 11.9 Å². The number of amides is 1. The number of benzene rings is 2. The number of hydrogen-bond acceptors (Lipinski definition) is 8. The van der Waals surface area contributed by atoms with Crippen LogP contribution in [0.15, 0.2) is 54.6 Å². The molecule has 0 bridgehead atoms. The molecule has 2 aromatic carbocycles. The maximum atomic E-state index is 13.2. The highest BCUT2D eigenvalue weighted by molar-refractivity contribution is 7.91. The van der Waals surface area contributed by atoms with E-state index in [1.165, 1.54) is 0 Å². The summed E-state index contributed by atoms with van der Waals surface area (Å²) in [6.45, 7) is 4.53. The van der Waals surface area contributed by atoms with Crippen molar-refractivity contribution in [1.82, 2.24) is 5.32 Å². The third-order valence-electron chi connectivity index (χ3n) is 6.11. The lowest BCUT2D eigenvalue weighted by Gasteiger charge is -2.27. The Morgan fingerprint density at radius 1 is 1.03 bits per heavy atom. The highest BCUT2D eigenvalue weighted by atomic mass is 32.2. The molecule has 0 aliphatic heterocycles. The normalized spacial score (nSPS) is 14.0. The highest BCUT2D eigenvalue weighted by Gasteiger charge is 2.32. The summed E-state index contributed by atoms with van der Waals surface area (Å²) in [6, 6.07) is 16.5.